The van der Waals surface area contributed by atoms with Gasteiger partial charge in [-0.2, -0.15) is 0 Å². The van der Waals surface area contributed by atoms with Crippen LogP contribution in [0.2, 0.25) is 0 Å². The van der Waals surface area contributed by atoms with E-state index < -0.39 is 0 Å². The highest BCUT2D eigenvalue weighted by molar-refractivity contribution is 5.43. The second-order valence-electron chi connectivity index (χ2n) is 3.83. The fraction of sp³-hybridized carbons (Fsp3) is 0.500. The minimum atomic E-state index is 0.667. The van der Waals surface area contributed by atoms with Crippen LogP contribution in [0, 0.1) is 0 Å². The number of benzene rings is 1. The second kappa shape index (κ2) is 3.41. The van der Waals surface area contributed by atoms with Gasteiger partial charge in [-0.3, -0.25) is 0 Å². The average molecular weight is 176 g/mol. The van der Waals surface area contributed by atoms with Crippen LogP contribution < -0.4 is 4.74 Å². The highest BCUT2D eigenvalue weighted by atomic mass is 16.5. The number of hydrogen-bond donors (Lipinski definition) is 0. The average Bonchev–Trinajstić information content (AvgIpc) is 2.17. The monoisotopic (exact) mass is 176 g/mol. The number of hydrogen-bond acceptors (Lipinski definition) is 1. The predicted octanol–water partition coefficient (Wildman–Crippen LogP) is 3.14. The van der Waals surface area contributed by atoms with Gasteiger partial charge in [0.1, 0.15) is 5.75 Å². The molecule has 0 aliphatic heterocycles. The van der Waals surface area contributed by atoms with Crippen molar-refractivity contribution >= 4 is 0 Å². The van der Waals surface area contributed by atoms with Crippen molar-refractivity contribution in [3.05, 3.63) is 29.3 Å². The number of fused-ring (bicyclic) bond motifs is 1. The third-order valence-electron chi connectivity index (χ3n) is 2.95. The van der Waals surface area contributed by atoms with Crippen LogP contribution in [0.3, 0.4) is 0 Å². The Morgan fingerprint density at radius 1 is 1.38 bits per heavy atom. The third kappa shape index (κ3) is 1.43. The first-order chi connectivity index (χ1) is 6.33. The summed E-state index contributed by atoms with van der Waals surface area (Å²) in [5.41, 5.74) is 2.93. The third-order valence-corrected chi connectivity index (χ3v) is 2.95. The molecule has 1 aromatic rings. The van der Waals surface area contributed by atoms with Crippen LogP contribution in [0.15, 0.2) is 18.2 Å². The summed E-state index contributed by atoms with van der Waals surface area (Å²) in [5, 5.41) is 0. The molecule has 2 rings (SSSR count). The van der Waals surface area contributed by atoms with E-state index in [1.165, 1.54) is 30.4 Å². The Morgan fingerprint density at radius 3 is 3.00 bits per heavy atom. The second-order valence-corrected chi connectivity index (χ2v) is 3.83. The van der Waals surface area contributed by atoms with Crippen molar-refractivity contribution in [3.63, 3.8) is 0 Å². The van der Waals surface area contributed by atoms with E-state index in [0.29, 0.717) is 5.92 Å². The van der Waals surface area contributed by atoms with E-state index in [1.807, 2.05) is 0 Å². The maximum absolute atomic E-state index is 5.38. The van der Waals surface area contributed by atoms with Crippen molar-refractivity contribution in [2.24, 2.45) is 0 Å². The van der Waals surface area contributed by atoms with Gasteiger partial charge in [0.2, 0.25) is 0 Å². The van der Waals surface area contributed by atoms with Gasteiger partial charge in [0.15, 0.2) is 0 Å². The smallest absolute Gasteiger partial charge is 0.122 e. The number of methoxy groups -OCH3 is 1. The van der Waals surface area contributed by atoms with Crippen LogP contribution in [0.25, 0.3) is 0 Å². The van der Waals surface area contributed by atoms with Crippen molar-refractivity contribution in [2.45, 2.75) is 32.1 Å². The summed E-state index contributed by atoms with van der Waals surface area (Å²) in [6.45, 7) is 2.29. The van der Waals surface area contributed by atoms with E-state index in [4.69, 9.17) is 4.74 Å². The Morgan fingerprint density at radius 2 is 2.23 bits per heavy atom. The van der Waals surface area contributed by atoms with Crippen LogP contribution in [0.1, 0.15) is 36.8 Å². The zero-order valence-corrected chi connectivity index (χ0v) is 8.34. The Hall–Kier alpha value is -0.980. The van der Waals surface area contributed by atoms with Gasteiger partial charge in [-0.25, -0.2) is 0 Å². The van der Waals surface area contributed by atoms with Gasteiger partial charge in [0.25, 0.3) is 0 Å². The number of ether oxygens (including phenoxy) is 1. The topological polar surface area (TPSA) is 9.23 Å². The molecule has 0 saturated carbocycles. The molecule has 0 amide bonds. The molecule has 13 heavy (non-hydrogen) atoms. The van der Waals surface area contributed by atoms with Crippen LogP contribution in [0.4, 0.5) is 0 Å². The van der Waals surface area contributed by atoms with Crippen LogP contribution in [0.5, 0.6) is 5.75 Å². The lowest BCUT2D eigenvalue weighted by Gasteiger charge is -2.24. The molecule has 70 valence electrons. The Kier molecular flexibility index (Phi) is 2.26. The van der Waals surface area contributed by atoms with Crippen molar-refractivity contribution in [1.82, 2.24) is 0 Å². The molecular weight excluding hydrogens is 160 g/mol. The SMILES string of the molecule is COc1cccc2c1C(C)CCC2. The molecule has 0 bridgehead atoms. The molecule has 0 saturated heterocycles. The molecule has 1 atom stereocenters. The molecule has 1 aromatic carbocycles. The lowest BCUT2D eigenvalue weighted by atomic mass is 9.83. The van der Waals surface area contributed by atoms with E-state index in [2.05, 4.69) is 25.1 Å². The van der Waals surface area contributed by atoms with E-state index in [1.54, 1.807) is 7.11 Å². The van der Waals surface area contributed by atoms with E-state index in [9.17, 15) is 0 Å². The van der Waals surface area contributed by atoms with Gasteiger partial charge in [-0.05, 0) is 36.8 Å². The largest absolute Gasteiger partial charge is 0.496 e. The number of aryl methyl sites for hydroxylation is 1. The van der Waals surface area contributed by atoms with Gasteiger partial charge in [-0.1, -0.05) is 19.1 Å². The summed E-state index contributed by atoms with van der Waals surface area (Å²) in [5.74, 6) is 1.74. The lowest BCUT2D eigenvalue weighted by molar-refractivity contribution is 0.400. The van der Waals surface area contributed by atoms with Crippen LogP contribution >= 0.6 is 0 Å². The molecule has 0 spiro atoms. The van der Waals surface area contributed by atoms with Crippen molar-refractivity contribution < 1.29 is 4.74 Å². The summed E-state index contributed by atoms with van der Waals surface area (Å²) in [4.78, 5) is 0. The molecular formula is C12H16O. The van der Waals surface area contributed by atoms with Crippen molar-refractivity contribution in [3.8, 4) is 5.75 Å². The van der Waals surface area contributed by atoms with Crippen molar-refractivity contribution in [2.75, 3.05) is 7.11 Å². The molecule has 0 aromatic heterocycles. The first kappa shape index (κ1) is 8.61. The number of rotatable bonds is 1. The molecule has 1 heteroatoms. The maximum Gasteiger partial charge on any atom is 0.122 e. The Balaban J connectivity index is 2.50. The zero-order valence-electron chi connectivity index (χ0n) is 8.34. The highest BCUT2D eigenvalue weighted by Crippen LogP contribution is 2.37. The van der Waals surface area contributed by atoms with Gasteiger partial charge in [0.05, 0.1) is 7.11 Å². The van der Waals surface area contributed by atoms with Crippen LogP contribution in [-0.2, 0) is 6.42 Å². The van der Waals surface area contributed by atoms with E-state index in [-0.39, 0.29) is 0 Å². The summed E-state index contributed by atoms with van der Waals surface area (Å²) in [6, 6.07) is 6.39. The molecule has 0 radical (unpaired) electrons. The minimum absolute atomic E-state index is 0.667. The summed E-state index contributed by atoms with van der Waals surface area (Å²) < 4.78 is 5.38. The van der Waals surface area contributed by atoms with E-state index >= 15 is 0 Å². The van der Waals surface area contributed by atoms with Gasteiger partial charge in [0, 0.05) is 5.56 Å². The highest BCUT2D eigenvalue weighted by Gasteiger charge is 2.19. The first-order valence-electron chi connectivity index (χ1n) is 4.98. The molecule has 1 nitrogen and oxygen atoms in total. The van der Waals surface area contributed by atoms with Gasteiger partial charge >= 0.3 is 0 Å². The Labute approximate surface area is 79.7 Å². The molecule has 1 unspecified atom stereocenters. The molecule has 1 aliphatic carbocycles. The first-order valence-corrected chi connectivity index (χ1v) is 4.98. The summed E-state index contributed by atoms with van der Waals surface area (Å²) >= 11 is 0. The standard InChI is InChI=1S/C12H16O/c1-9-5-3-6-10-7-4-8-11(13-2)12(9)10/h4,7-9H,3,5-6H2,1-2H3. The van der Waals surface area contributed by atoms with Crippen molar-refractivity contribution in [1.29, 1.82) is 0 Å². The molecule has 0 heterocycles. The minimum Gasteiger partial charge on any atom is -0.496 e. The molecule has 1 aliphatic rings. The molecule has 0 N–H and O–H groups in total. The molecule has 0 fully saturated rings. The zero-order chi connectivity index (χ0) is 9.26. The fourth-order valence-electron chi connectivity index (χ4n) is 2.29. The maximum atomic E-state index is 5.38. The Bertz CT molecular complexity index is 290. The predicted molar refractivity (Wildman–Crippen MR) is 54.3 cm³/mol. The normalized spacial score (nSPS) is 20.9. The fourth-order valence-corrected chi connectivity index (χ4v) is 2.29. The van der Waals surface area contributed by atoms with Gasteiger partial charge < -0.3 is 4.74 Å². The summed E-state index contributed by atoms with van der Waals surface area (Å²) in [7, 11) is 1.76. The lowest BCUT2D eigenvalue weighted by Crippen LogP contribution is -2.08. The summed E-state index contributed by atoms with van der Waals surface area (Å²) in [6.07, 6.45) is 3.84. The quantitative estimate of drug-likeness (QED) is 0.638. The van der Waals surface area contributed by atoms with Crippen LogP contribution in [-0.4, -0.2) is 7.11 Å². The van der Waals surface area contributed by atoms with E-state index in [0.717, 1.165) is 5.75 Å². The van der Waals surface area contributed by atoms with Gasteiger partial charge in [-0.15, -0.1) is 0 Å².